The molecule has 0 saturated carbocycles. The number of nitrogens with one attached hydrogen (secondary N) is 1. The molecule has 1 atom stereocenters. The van der Waals surface area contributed by atoms with Gasteiger partial charge >= 0.3 is 0 Å². The van der Waals surface area contributed by atoms with E-state index in [1.807, 2.05) is 18.2 Å². The summed E-state index contributed by atoms with van der Waals surface area (Å²) in [6.07, 6.45) is 4.25. The zero-order valence-corrected chi connectivity index (χ0v) is 12.1. The largest absolute Gasteiger partial charge is 0.467 e. The predicted molar refractivity (Wildman–Crippen MR) is 81.8 cm³/mol. The second kappa shape index (κ2) is 7.67. The highest BCUT2D eigenvalue weighted by atomic mass is 35.5. The predicted octanol–water partition coefficient (Wildman–Crippen LogP) is 3.19. The molecule has 0 aliphatic rings. The molecule has 0 bridgehead atoms. The van der Waals surface area contributed by atoms with Gasteiger partial charge in [-0.15, -0.1) is 0 Å². The number of benzene rings is 1. The van der Waals surface area contributed by atoms with Gasteiger partial charge in [-0.05, 0) is 36.3 Å². The van der Waals surface area contributed by atoms with Gasteiger partial charge in [-0.3, -0.25) is 4.79 Å². The van der Waals surface area contributed by atoms with Gasteiger partial charge in [0.25, 0.3) is 0 Å². The van der Waals surface area contributed by atoms with Crippen molar-refractivity contribution in [2.75, 3.05) is 6.54 Å². The molecule has 0 aliphatic heterocycles. The molecule has 0 saturated heterocycles. The summed E-state index contributed by atoms with van der Waals surface area (Å²) >= 11 is 5.98. The number of halogens is 1. The molecule has 21 heavy (non-hydrogen) atoms. The Kier molecular flexibility index (Phi) is 5.60. The quantitative estimate of drug-likeness (QED) is 0.806. The third kappa shape index (κ3) is 4.77. The van der Waals surface area contributed by atoms with Crippen molar-refractivity contribution in [2.45, 2.75) is 12.5 Å². The molecule has 0 fully saturated rings. The fraction of sp³-hybridized carbons (Fsp3) is 0.188. The summed E-state index contributed by atoms with van der Waals surface area (Å²) in [5.41, 5.74) is 0.782. The van der Waals surface area contributed by atoms with Crippen molar-refractivity contribution >= 4 is 23.6 Å². The van der Waals surface area contributed by atoms with E-state index in [2.05, 4.69) is 5.32 Å². The fourth-order valence-corrected chi connectivity index (χ4v) is 1.99. The van der Waals surface area contributed by atoms with Crippen LogP contribution in [-0.2, 0) is 4.79 Å². The van der Waals surface area contributed by atoms with Crippen LogP contribution < -0.4 is 5.32 Å². The van der Waals surface area contributed by atoms with Gasteiger partial charge in [-0.2, -0.15) is 0 Å². The third-order valence-electron chi connectivity index (χ3n) is 2.91. The van der Waals surface area contributed by atoms with E-state index in [0.29, 0.717) is 23.7 Å². The maximum absolute atomic E-state index is 11.6. The zero-order chi connectivity index (χ0) is 15.1. The maximum atomic E-state index is 11.6. The lowest BCUT2D eigenvalue weighted by Crippen LogP contribution is -2.23. The summed E-state index contributed by atoms with van der Waals surface area (Å²) in [4.78, 5) is 11.6. The number of furan rings is 1. The zero-order valence-electron chi connectivity index (χ0n) is 11.3. The summed E-state index contributed by atoms with van der Waals surface area (Å²) in [5, 5.41) is 13.1. The van der Waals surface area contributed by atoms with Crippen LogP contribution in [0.2, 0.25) is 5.02 Å². The molecule has 1 aromatic carbocycles. The number of carbonyl (C=O) groups is 1. The minimum atomic E-state index is -0.715. The normalized spacial score (nSPS) is 12.5. The van der Waals surface area contributed by atoms with E-state index in [9.17, 15) is 9.90 Å². The van der Waals surface area contributed by atoms with Crippen LogP contribution in [0.3, 0.4) is 0 Å². The maximum Gasteiger partial charge on any atom is 0.244 e. The Labute approximate surface area is 128 Å². The Hall–Kier alpha value is -2.04. The van der Waals surface area contributed by atoms with E-state index >= 15 is 0 Å². The van der Waals surface area contributed by atoms with Crippen molar-refractivity contribution < 1.29 is 14.3 Å². The summed E-state index contributed by atoms with van der Waals surface area (Å²) in [6.45, 7) is 0.355. The van der Waals surface area contributed by atoms with Gasteiger partial charge in [0, 0.05) is 17.6 Å². The van der Waals surface area contributed by atoms with Crippen LogP contribution in [0.25, 0.3) is 6.08 Å². The Morgan fingerprint density at radius 2 is 2.14 bits per heavy atom. The van der Waals surface area contributed by atoms with Crippen LogP contribution in [0, 0.1) is 0 Å². The summed E-state index contributed by atoms with van der Waals surface area (Å²) in [7, 11) is 0. The number of rotatable bonds is 6. The average Bonchev–Trinajstić information content (AvgIpc) is 3.00. The Morgan fingerprint density at radius 1 is 1.33 bits per heavy atom. The van der Waals surface area contributed by atoms with Crippen molar-refractivity contribution in [3.05, 3.63) is 65.1 Å². The van der Waals surface area contributed by atoms with Gasteiger partial charge in [0.15, 0.2) is 0 Å². The minimum absolute atomic E-state index is 0.235. The topological polar surface area (TPSA) is 62.5 Å². The first-order valence-corrected chi connectivity index (χ1v) is 6.96. The highest BCUT2D eigenvalue weighted by Crippen LogP contribution is 2.17. The number of hydrogen-bond acceptors (Lipinski definition) is 3. The molecule has 1 amide bonds. The second-order valence-electron chi connectivity index (χ2n) is 4.47. The molecule has 2 N–H and O–H groups in total. The lowest BCUT2D eigenvalue weighted by atomic mass is 10.2. The highest BCUT2D eigenvalue weighted by Gasteiger charge is 2.09. The van der Waals surface area contributed by atoms with E-state index in [4.69, 9.17) is 16.0 Å². The first-order valence-electron chi connectivity index (χ1n) is 6.58. The summed E-state index contributed by atoms with van der Waals surface area (Å²) in [5.74, 6) is 0.262. The van der Waals surface area contributed by atoms with E-state index in [1.54, 1.807) is 24.3 Å². The van der Waals surface area contributed by atoms with Gasteiger partial charge in [0.05, 0.1) is 6.26 Å². The number of carbonyl (C=O) groups excluding carboxylic acids is 1. The van der Waals surface area contributed by atoms with Crippen molar-refractivity contribution in [3.8, 4) is 0 Å². The Bertz CT molecular complexity index is 608. The van der Waals surface area contributed by atoms with E-state index in [1.165, 1.54) is 12.3 Å². The van der Waals surface area contributed by atoms with E-state index in [0.717, 1.165) is 5.56 Å². The molecule has 1 aromatic heterocycles. The fourth-order valence-electron chi connectivity index (χ4n) is 1.79. The van der Waals surface area contributed by atoms with E-state index < -0.39 is 6.10 Å². The van der Waals surface area contributed by atoms with Gasteiger partial charge < -0.3 is 14.8 Å². The van der Waals surface area contributed by atoms with Gasteiger partial charge in [0.1, 0.15) is 11.9 Å². The van der Waals surface area contributed by atoms with Crippen LogP contribution in [0.5, 0.6) is 0 Å². The second-order valence-corrected chi connectivity index (χ2v) is 4.87. The first-order chi connectivity index (χ1) is 10.2. The molecule has 2 rings (SSSR count). The number of amides is 1. The molecule has 0 aliphatic carbocycles. The lowest BCUT2D eigenvalue weighted by Gasteiger charge is -2.07. The van der Waals surface area contributed by atoms with Crippen molar-refractivity contribution in [1.82, 2.24) is 5.32 Å². The van der Waals surface area contributed by atoms with Crippen molar-refractivity contribution in [3.63, 3.8) is 0 Å². The van der Waals surface area contributed by atoms with E-state index in [-0.39, 0.29) is 5.91 Å². The molecule has 110 valence electrons. The van der Waals surface area contributed by atoms with Crippen LogP contribution in [-0.4, -0.2) is 17.6 Å². The average molecular weight is 306 g/mol. The summed E-state index contributed by atoms with van der Waals surface area (Å²) in [6, 6.07) is 10.7. The molecule has 5 heteroatoms. The standard InChI is InChI=1S/C16H16ClNO3/c17-13-5-2-1-4-12(13)7-8-16(20)18-10-9-14(19)15-6-3-11-21-15/h1-8,11,14,19H,9-10H2,(H,18,20)/b8-7+. The molecular weight excluding hydrogens is 290 g/mol. The molecule has 2 aromatic rings. The van der Waals surface area contributed by atoms with Gasteiger partial charge in [-0.25, -0.2) is 0 Å². The smallest absolute Gasteiger partial charge is 0.244 e. The monoisotopic (exact) mass is 305 g/mol. The van der Waals surface area contributed by atoms with Crippen molar-refractivity contribution in [1.29, 1.82) is 0 Å². The van der Waals surface area contributed by atoms with Crippen LogP contribution >= 0.6 is 11.6 Å². The molecule has 0 radical (unpaired) electrons. The van der Waals surface area contributed by atoms with Crippen LogP contribution in [0.1, 0.15) is 23.8 Å². The SMILES string of the molecule is O=C(/C=C/c1ccccc1Cl)NCCC(O)c1ccco1. The van der Waals surface area contributed by atoms with Crippen LogP contribution in [0.4, 0.5) is 0 Å². The Morgan fingerprint density at radius 3 is 2.86 bits per heavy atom. The summed E-state index contributed by atoms with van der Waals surface area (Å²) < 4.78 is 5.08. The Balaban J connectivity index is 1.76. The van der Waals surface area contributed by atoms with Gasteiger partial charge in [-0.1, -0.05) is 29.8 Å². The molecule has 1 unspecified atom stereocenters. The lowest BCUT2D eigenvalue weighted by molar-refractivity contribution is -0.116. The third-order valence-corrected chi connectivity index (χ3v) is 3.25. The highest BCUT2D eigenvalue weighted by molar-refractivity contribution is 6.32. The van der Waals surface area contributed by atoms with Crippen LogP contribution in [0.15, 0.2) is 53.2 Å². The molecular formula is C16H16ClNO3. The molecule has 4 nitrogen and oxygen atoms in total. The first kappa shape index (κ1) is 15.4. The number of aliphatic hydroxyl groups excluding tert-OH is 1. The van der Waals surface area contributed by atoms with Crippen molar-refractivity contribution in [2.24, 2.45) is 0 Å². The number of aliphatic hydroxyl groups is 1. The molecule has 1 heterocycles. The number of hydrogen-bond donors (Lipinski definition) is 2. The van der Waals surface area contributed by atoms with Gasteiger partial charge in [0.2, 0.25) is 5.91 Å². The molecule has 0 spiro atoms. The minimum Gasteiger partial charge on any atom is -0.467 e.